The summed E-state index contributed by atoms with van der Waals surface area (Å²) < 4.78 is 5.25. The van der Waals surface area contributed by atoms with Gasteiger partial charge in [-0.25, -0.2) is 4.79 Å². The lowest BCUT2D eigenvalue weighted by atomic mass is 9.80. The summed E-state index contributed by atoms with van der Waals surface area (Å²) in [6.45, 7) is 7.98. The van der Waals surface area contributed by atoms with Crippen molar-refractivity contribution in [2.45, 2.75) is 52.6 Å². The van der Waals surface area contributed by atoms with E-state index in [1.165, 1.54) is 0 Å². The Morgan fingerprint density at radius 2 is 2.19 bits per heavy atom. The summed E-state index contributed by atoms with van der Waals surface area (Å²) in [4.78, 5) is 17.0. The molecule has 1 heterocycles. The number of amides is 1. The summed E-state index contributed by atoms with van der Waals surface area (Å²) in [6.07, 6.45) is 3.85. The summed E-state index contributed by atoms with van der Waals surface area (Å²) in [5, 5.41) is 12.6. The van der Waals surface area contributed by atoms with Gasteiger partial charge in [0.05, 0.1) is 12.1 Å². The molecule has 21 heavy (non-hydrogen) atoms. The monoisotopic (exact) mass is 314 g/mol. The van der Waals surface area contributed by atoms with Crippen molar-refractivity contribution in [1.82, 2.24) is 10.3 Å². The number of aliphatic hydroxyl groups excluding tert-OH is 1. The fraction of sp³-hybridized carbons (Fsp3) is 0.733. The molecule has 1 amide bonds. The molecular formula is C15H26N2O3S. The van der Waals surface area contributed by atoms with Gasteiger partial charge in [-0.2, -0.15) is 0 Å². The number of aromatic nitrogens is 1. The highest BCUT2D eigenvalue weighted by molar-refractivity contribution is 7.09. The Morgan fingerprint density at radius 3 is 2.67 bits per heavy atom. The predicted molar refractivity (Wildman–Crippen MR) is 84.5 cm³/mol. The van der Waals surface area contributed by atoms with Crippen molar-refractivity contribution in [2.75, 3.05) is 13.2 Å². The molecule has 120 valence electrons. The third-order valence-corrected chi connectivity index (χ3v) is 3.93. The van der Waals surface area contributed by atoms with Gasteiger partial charge in [-0.3, -0.25) is 4.98 Å². The van der Waals surface area contributed by atoms with Crippen LogP contribution in [-0.4, -0.2) is 34.9 Å². The van der Waals surface area contributed by atoms with Crippen molar-refractivity contribution < 1.29 is 14.6 Å². The Bertz CT molecular complexity index is 429. The van der Waals surface area contributed by atoms with E-state index in [-0.39, 0.29) is 12.0 Å². The molecular weight excluding hydrogens is 288 g/mol. The number of carbonyl (C=O) groups excluding carboxylic acids is 1. The SMILES string of the molecule is CCCC(CO)(CNC(=O)OC(C)(C)C)Cc1cncs1. The minimum atomic E-state index is -0.519. The molecule has 0 spiro atoms. The maximum atomic E-state index is 11.8. The van der Waals surface area contributed by atoms with Crippen LogP contribution in [0.15, 0.2) is 11.7 Å². The summed E-state index contributed by atoms with van der Waals surface area (Å²) >= 11 is 1.57. The topological polar surface area (TPSA) is 71.5 Å². The summed E-state index contributed by atoms with van der Waals surface area (Å²) in [5.41, 5.74) is 0.900. The van der Waals surface area contributed by atoms with Gasteiger partial charge in [0.15, 0.2) is 0 Å². The maximum absolute atomic E-state index is 11.8. The second kappa shape index (κ2) is 7.75. The van der Waals surface area contributed by atoms with E-state index in [1.807, 2.05) is 27.0 Å². The number of carbonyl (C=O) groups is 1. The van der Waals surface area contributed by atoms with Crippen molar-refractivity contribution in [3.8, 4) is 0 Å². The summed E-state index contributed by atoms with van der Waals surface area (Å²) in [6, 6.07) is 0. The van der Waals surface area contributed by atoms with Crippen molar-refractivity contribution in [3.05, 3.63) is 16.6 Å². The number of ether oxygens (including phenoxy) is 1. The van der Waals surface area contributed by atoms with Crippen LogP contribution < -0.4 is 5.32 Å². The molecule has 2 N–H and O–H groups in total. The van der Waals surface area contributed by atoms with Crippen LogP contribution in [0, 0.1) is 5.41 Å². The molecule has 0 fully saturated rings. The molecule has 1 atom stereocenters. The number of aliphatic hydroxyl groups is 1. The highest BCUT2D eigenvalue weighted by atomic mass is 32.1. The third-order valence-electron chi connectivity index (χ3n) is 3.16. The van der Waals surface area contributed by atoms with Crippen LogP contribution in [0.25, 0.3) is 0 Å². The standard InChI is InChI=1S/C15H26N2O3S/c1-5-6-15(10-18,7-12-8-16-11-21-12)9-17-13(19)20-14(2,3)4/h8,11,18H,5-7,9-10H2,1-4H3,(H,17,19). The first kappa shape index (κ1) is 17.9. The molecule has 5 nitrogen and oxygen atoms in total. The number of hydrogen-bond donors (Lipinski definition) is 2. The van der Waals surface area contributed by atoms with Gasteiger partial charge in [0.2, 0.25) is 0 Å². The average Bonchev–Trinajstić information content (AvgIpc) is 2.87. The largest absolute Gasteiger partial charge is 0.444 e. The fourth-order valence-corrected chi connectivity index (χ4v) is 3.00. The Labute approximate surface area is 130 Å². The summed E-state index contributed by atoms with van der Waals surface area (Å²) in [7, 11) is 0. The van der Waals surface area contributed by atoms with Gasteiger partial charge >= 0.3 is 6.09 Å². The zero-order chi connectivity index (χ0) is 15.9. The Balaban J connectivity index is 2.67. The van der Waals surface area contributed by atoms with Crippen LogP contribution in [0.1, 0.15) is 45.4 Å². The number of rotatable bonds is 7. The molecule has 1 rings (SSSR count). The molecule has 1 aromatic heterocycles. The first-order chi connectivity index (χ1) is 9.80. The van der Waals surface area contributed by atoms with E-state index < -0.39 is 11.7 Å². The van der Waals surface area contributed by atoms with E-state index in [4.69, 9.17) is 4.74 Å². The quantitative estimate of drug-likeness (QED) is 0.811. The van der Waals surface area contributed by atoms with Gasteiger partial charge in [0.25, 0.3) is 0 Å². The number of alkyl carbamates (subject to hydrolysis) is 1. The lowest BCUT2D eigenvalue weighted by Crippen LogP contribution is -2.43. The summed E-state index contributed by atoms with van der Waals surface area (Å²) in [5.74, 6) is 0. The average molecular weight is 314 g/mol. The van der Waals surface area contributed by atoms with E-state index in [1.54, 1.807) is 16.8 Å². The van der Waals surface area contributed by atoms with E-state index in [9.17, 15) is 9.90 Å². The van der Waals surface area contributed by atoms with Gasteiger partial charge < -0.3 is 15.2 Å². The smallest absolute Gasteiger partial charge is 0.407 e. The van der Waals surface area contributed by atoms with Crippen molar-refractivity contribution >= 4 is 17.4 Å². The van der Waals surface area contributed by atoms with Crippen LogP contribution in [0.2, 0.25) is 0 Å². The molecule has 1 aromatic rings. The van der Waals surface area contributed by atoms with E-state index in [0.717, 1.165) is 17.7 Å². The molecule has 6 heteroatoms. The second-order valence-corrected chi connectivity index (χ2v) is 7.38. The van der Waals surface area contributed by atoms with Crippen LogP contribution in [0.5, 0.6) is 0 Å². The molecule has 1 unspecified atom stereocenters. The van der Waals surface area contributed by atoms with Gasteiger partial charge in [0, 0.05) is 23.0 Å². The number of nitrogens with one attached hydrogen (secondary N) is 1. The minimum absolute atomic E-state index is 0.0224. The van der Waals surface area contributed by atoms with Crippen LogP contribution in [-0.2, 0) is 11.2 Å². The van der Waals surface area contributed by atoms with Crippen molar-refractivity contribution in [3.63, 3.8) is 0 Å². The Morgan fingerprint density at radius 1 is 1.48 bits per heavy atom. The maximum Gasteiger partial charge on any atom is 0.407 e. The van der Waals surface area contributed by atoms with Crippen molar-refractivity contribution in [2.24, 2.45) is 5.41 Å². The van der Waals surface area contributed by atoms with E-state index in [0.29, 0.717) is 13.0 Å². The fourth-order valence-electron chi connectivity index (χ4n) is 2.23. The highest BCUT2D eigenvalue weighted by Gasteiger charge is 2.31. The van der Waals surface area contributed by atoms with E-state index >= 15 is 0 Å². The molecule has 0 aliphatic rings. The van der Waals surface area contributed by atoms with Gasteiger partial charge in [-0.15, -0.1) is 11.3 Å². The highest BCUT2D eigenvalue weighted by Crippen LogP contribution is 2.29. The molecule has 0 aliphatic carbocycles. The minimum Gasteiger partial charge on any atom is -0.444 e. The van der Waals surface area contributed by atoms with Gasteiger partial charge in [-0.05, 0) is 33.6 Å². The Kier molecular flexibility index (Phi) is 6.61. The molecule has 0 bridgehead atoms. The Hall–Kier alpha value is -1.14. The third kappa shape index (κ3) is 6.44. The zero-order valence-corrected chi connectivity index (χ0v) is 14.1. The molecule has 0 radical (unpaired) electrons. The number of nitrogens with zero attached hydrogens (tertiary/aromatic N) is 1. The predicted octanol–water partition coefficient (Wildman–Crippen LogP) is 2.99. The first-order valence-corrected chi connectivity index (χ1v) is 8.13. The lowest BCUT2D eigenvalue weighted by molar-refractivity contribution is 0.0456. The van der Waals surface area contributed by atoms with Gasteiger partial charge in [-0.1, -0.05) is 13.3 Å². The first-order valence-electron chi connectivity index (χ1n) is 7.25. The number of hydrogen-bond acceptors (Lipinski definition) is 5. The van der Waals surface area contributed by atoms with Crippen molar-refractivity contribution in [1.29, 1.82) is 0 Å². The van der Waals surface area contributed by atoms with Gasteiger partial charge in [0.1, 0.15) is 5.60 Å². The lowest BCUT2D eigenvalue weighted by Gasteiger charge is -2.32. The molecule has 0 aliphatic heterocycles. The van der Waals surface area contributed by atoms with Crippen LogP contribution in [0.3, 0.4) is 0 Å². The zero-order valence-electron chi connectivity index (χ0n) is 13.3. The normalized spacial score (nSPS) is 14.5. The van der Waals surface area contributed by atoms with Crippen LogP contribution in [0.4, 0.5) is 4.79 Å². The van der Waals surface area contributed by atoms with E-state index in [2.05, 4.69) is 17.2 Å². The number of thiazole rings is 1. The molecule has 0 saturated carbocycles. The second-order valence-electron chi connectivity index (χ2n) is 6.41. The molecule has 0 aromatic carbocycles. The molecule has 0 saturated heterocycles. The van der Waals surface area contributed by atoms with Crippen LogP contribution >= 0.6 is 11.3 Å².